The predicted molar refractivity (Wildman–Crippen MR) is 118 cm³/mol. The third kappa shape index (κ3) is 3.75. The van der Waals surface area contributed by atoms with Gasteiger partial charge >= 0.3 is 0 Å². The molecule has 29 heavy (non-hydrogen) atoms. The lowest BCUT2D eigenvalue weighted by molar-refractivity contribution is 0.466. The SMILES string of the molecule is Cc1cc(C(C)c2ccc(-n3nc4ccccc4n3)c(O)c2)cc(C(C)(C)C)c1. The van der Waals surface area contributed by atoms with E-state index in [4.69, 9.17) is 0 Å². The van der Waals surface area contributed by atoms with Crippen molar-refractivity contribution in [2.45, 2.75) is 46.0 Å². The zero-order valence-electron chi connectivity index (χ0n) is 17.6. The number of phenolic OH excluding ortho intramolecular Hbond substituents is 1. The van der Waals surface area contributed by atoms with E-state index >= 15 is 0 Å². The van der Waals surface area contributed by atoms with Crippen molar-refractivity contribution in [3.8, 4) is 11.4 Å². The maximum absolute atomic E-state index is 10.7. The smallest absolute Gasteiger partial charge is 0.143 e. The molecule has 1 unspecified atom stereocenters. The summed E-state index contributed by atoms with van der Waals surface area (Å²) in [6, 6.07) is 20.2. The molecule has 4 rings (SSSR count). The van der Waals surface area contributed by atoms with Crippen LogP contribution in [-0.2, 0) is 5.41 Å². The molecule has 3 aromatic carbocycles. The van der Waals surface area contributed by atoms with Crippen molar-refractivity contribution in [2.24, 2.45) is 0 Å². The Morgan fingerprint density at radius 2 is 1.52 bits per heavy atom. The summed E-state index contributed by atoms with van der Waals surface area (Å²) in [5.74, 6) is 0.346. The fourth-order valence-corrected chi connectivity index (χ4v) is 3.63. The molecule has 1 aromatic heterocycles. The molecule has 0 aliphatic heterocycles. The van der Waals surface area contributed by atoms with Crippen LogP contribution < -0.4 is 0 Å². The van der Waals surface area contributed by atoms with Crippen molar-refractivity contribution in [3.63, 3.8) is 0 Å². The van der Waals surface area contributed by atoms with E-state index in [9.17, 15) is 5.11 Å². The van der Waals surface area contributed by atoms with Crippen molar-refractivity contribution in [1.82, 2.24) is 15.0 Å². The first kappa shape index (κ1) is 19.2. The largest absolute Gasteiger partial charge is 0.506 e. The van der Waals surface area contributed by atoms with Gasteiger partial charge in [-0.3, -0.25) is 0 Å². The predicted octanol–water partition coefficient (Wildman–Crippen LogP) is 5.88. The molecule has 0 aliphatic carbocycles. The molecule has 0 saturated carbocycles. The second-order valence-corrected chi connectivity index (χ2v) is 8.83. The minimum Gasteiger partial charge on any atom is -0.506 e. The third-order valence-corrected chi connectivity index (χ3v) is 5.47. The maximum Gasteiger partial charge on any atom is 0.143 e. The summed E-state index contributed by atoms with van der Waals surface area (Å²) in [5, 5.41) is 19.6. The first-order valence-corrected chi connectivity index (χ1v) is 10.00. The van der Waals surface area contributed by atoms with Gasteiger partial charge in [0, 0.05) is 5.92 Å². The van der Waals surface area contributed by atoms with Gasteiger partial charge in [0.1, 0.15) is 22.5 Å². The molecule has 0 bridgehead atoms. The summed E-state index contributed by atoms with van der Waals surface area (Å²) in [6.45, 7) is 11.0. The van der Waals surface area contributed by atoms with Crippen LogP contribution in [-0.4, -0.2) is 20.1 Å². The van der Waals surface area contributed by atoms with Gasteiger partial charge in [-0.2, -0.15) is 0 Å². The lowest BCUT2D eigenvalue weighted by Gasteiger charge is -2.23. The van der Waals surface area contributed by atoms with Crippen LogP contribution in [0.25, 0.3) is 16.7 Å². The van der Waals surface area contributed by atoms with Gasteiger partial charge in [0.25, 0.3) is 0 Å². The molecule has 0 amide bonds. The zero-order valence-corrected chi connectivity index (χ0v) is 17.6. The molecule has 1 heterocycles. The topological polar surface area (TPSA) is 50.9 Å². The van der Waals surface area contributed by atoms with Crippen LogP contribution in [0.1, 0.15) is 55.9 Å². The number of nitrogens with zero attached hydrogens (tertiary/aromatic N) is 3. The maximum atomic E-state index is 10.7. The number of hydrogen-bond donors (Lipinski definition) is 1. The summed E-state index contributed by atoms with van der Waals surface area (Å²) in [7, 11) is 0. The standard InChI is InChI=1S/C25H27N3O/c1-16-12-19(14-20(13-16)25(3,4)5)17(2)18-10-11-23(24(29)15-18)28-26-21-8-6-7-9-22(21)27-28/h6-15,17,29H,1-5H3. The van der Waals surface area contributed by atoms with Crippen molar-refractivity contribution in [2.75, 3.05) is 0 Å². The lowest BCUT2D eigenvalue weighted by Crippen LogP contribution is -2.12. The summed E-state index contributed by atoms with van der Waals surface area (Å²) < 4.78 is 0. The quantitative estimate of drug-likeness (QED) is 0.479. The molecular weight excluding hydrogens is 358 g/mol. The molecule has 0 fully saturated rings. The van der Waals surface area contributed by atoms with E-state index in [1.165, 1.54) is 21.5 Å². The van der Waals surface area contributed by atoms with Gasteiger partial charge in [-0.25, -0.2) is 0 Å². The molecule has 1 N–H and O–H groups in total. The number of hydrogen-bond acceptors (Lipinski definition) is 3. The number of benzene rings is 3. The second-order valence-electron chi connectivity index (χ2n) is 8.83. The Morgan fingerprint density at radius 1 is 0.862 bits per heavy atom. The van der Waals surface area contributed by atoms with Gasteiger partial charge in [0.05, 0.1) is 0 Å². The Balaban J connectivity index is 1.70. The number of aryl methyl sites for hydroxylation is 1. The van der Waals surface area contributed by atoms with Crippen LogP contribution in [0.3, 0.4) is 0 Å². The zero-order chi connectivity index (χ0) is 20.8. The van der Waals surface area contributed by atoms with E-state index in [1.54, 1.807) is 0 Å². The van der Waals surface area contributed by atoms with Crippen LogP contribution in [0.5, 0.6) is 5.75 Å². The monoisotopic (exact) mass is 385 g/mol. The van der Waals surface area contributed by atoms with E-state index in [1.807, 2.05) is 42.5 Å². The van der Waals surface area contributed by atoms with Crippen LogP contribution in [0.4, 0.5) is 0 Å². The normalized spacial score (nSPS) is 13.0. The number of rotatable bonds is 3. The Labute approximate surface area is 171 Å². The minimum atomic E-state index is 0.0975. The fourth-order valence-electron chi connectivity index (χ4n) is 3.63. The molecule has 0 aliphatic rings. The van der Waals surface area contributed by atoms with Crippen molar-refractivity contribution in [1.29, 1.82) is 0 Å². The minimum absolute atomic E-state index is 0.0975. The van der Waals surface area contributed by atoms with E-state index < -0.39 is 0 Å². The Hall–Kier alpha value is -3.14. The van der Waals surface area contributed by atoms with Gasteiger partial charge in [-0.1, -0.05) is 69.7 Å². The number of aromatic hydroxyl groups is 1. The van der Waals surface area contributed by atoms with Crippen molar-refractivity contribution >= 4 is 11.0 Å². The molecule has 0 saturated heterocycles. The van der Waals surface area contributed by atoms with Crippen LogP contribution in [0.15, 0.2) is 60.7 Å². The van der Waals surface area contributed by atoms with Crippen molar-refractivity contribution in [3.05, 3.63) is 82.9 Å². The van der Waals surface area contributed by atoms with Gasteiger partial charge in [0.15, 0.2) is 0 Å². The molecule has 1 atom stereocenters. The fraction of sp³-hybridized carbons (Fsp3) is 0.280. The third-order valence-electron chi connectivity index (χ3n) is 5.47. The van der Waals surface area contributed by atoms with Gasteiger partial charge in [0.2, 0.25) is 0 Å². The Bertz CT molecular complexity index is 1150. The molecular formula is C25H27N3O. The summed E-state index contributed by atoms with van der Waals surface area (Å²) in [6.07, 6.45) is 0. The summed E-state index contributed by atoms with van der Waals surface area (Å²) in [5.41, 5.74) is 7.19. The van der Waals surface area contributed by atoms with Crippen LogP contribution in [0, 0.1) is 6.92 Å². The average Bonchev–Trinajstić information content (AvgIpc) is 3.10. The average molecular weight is 386 g/mol. The highest BCUT2D eigenvalue weighted by Crippen LogP contribution is 2.33. The molecule has 4 heteroatoms. The first-order valence-electron chi connectivity index (χ1n) is 10.00. The van der Waals surface area contributed by atoms with E-state index in [0.29, 0.717) is 5.69 Å². The van der Waals surface area contributed by atoms with Gasteiger partial charge < -0.3 is 5.11 Å². The molecule has 0 radical (unpaired) electrons. The second kappa shape index (κ2) is 7.03. The van der Waals surface area contributed by atoms with Gasteiger partial charge in [-0.05, 0) is 53.3 Å². The first-order chi connectivity index (χ1) is 13.7. The number of fused-ring (bicyclic) bond motifs is 1. The van der Waals surface area contributed by atoms with E-state index in [2.05, 4.69) is 63.0 Å². The highest BCUT2D eigenvalue weighted by atomic mass is 16.3. The lowest BCUT2D eigenvalue weighted by atomic mass is 9.82. The molecule has 148 valence electrons. The summed E-state index contributed by atoms with van der Waals surface area (Å²) >= 11 is 0. The van der Waals surface area contributed by atoms with Crippen LogP contribution >= 0.6 is 0 Å². The number of phenols is 1. The summed E-state index contributed by atoms with van der Waals surface area (Å²) in [4.78, 5) is 1.50. The van der Waals surface area contributed by atoms with Crippen LogP contribution in [0.2, 0.25) is 0 Å². The highest BCUT2D eigenvalue weighted by molar-refractivity contribution is 5.73. The van der Waals surface area contributed by atoms with Gasteiger partial charge in [-0.15, -0.1) is 15.0 Å². The Morgan fingerprint density at radius 3 is 2.10 bits per heavy atom. The van der Waals surface area contributed by atoms with E-state index in [-0.39, 0.29) is 17.1 Å². The molecule has 4 nitrogen and oxygen atoms in total. The Kier molecular flexibility index (Phi) is 4.65. The number of aromatic nitrogens is 3. The molecule has 0 spiro atoms. The highest BCUT2D eigenvalue weighted by Gasteiger charge is 2.18. The van der Waals surface area contributed by atoms with Crippen molar-refractivity contribution < 1.29 is 5.11 Å². The molecule has 4 aromatic rings. The van der Waals surface area contributed by atoms with E-state index in [0.717, 1.165) is 16.6 Å².